The van der Waals surface area contributed by atoms with E-state index in [4.69, 9.17) is 16.3 Å². The fourth-order valence-corrected chi connectivity index (χ4v) is 4.42. The second kappa shape index (κ2) is 10.2. The monoisotopic (exact) mass is 485 g/mol. The molecule has 0 radical (unpaired) electrons. The van der Waals surface area contributed by atoms with Gasteiger partial charge in [0.05, 0.1) is 22.3 Å². The fraction of sp³-hybridized carbons (Fsp3) is 0.222. The normalized spacial score (nSPS) is 14.1. The number of halogens is 1. The van der Waals surface area contributed by atoms with Crippen LogP contribution in [-0.4, -0.2) is 51.3 Å². The zero-order valence-electron chi connectivity index (χ0n) is 19.1. The topological polar surface area (TPSA) is 73.9 Å². The summed E-state index contributed by atoms with van der Waals surface area (Å²) >= 11 is 6.07. The van der Waals surface area contributed by atoms with Crippen LogP contribution in [0.4, 0.5) is 0 Å². The number of piperazine rings is 1. The maximum atomic E-state index is 13.1. The quantitative estimate of drug-likeness (QED) is 0.405. The van der Waals surface area contributed by atoms with Crippen LogP contribution >= 0.6 is 11.6 Å². The minimum absolute atomic E-state index is 0.00472. The lowest BCUT2D eigenvalue weighted by molar-refractivity contribution is 0.0626. The molecular weight excluding hydrogens is 462 g/mol. The van der Waals surface area contributed by atoms with Crippen LogP contribution in [-0.2, 0) is 13.2 Å². The fourth-order valence-electron chi connectivity index (χ4n) is 4.25. The summed E-state index contributed by atoms with van der Waals surface area (Å²) in [6.07, 6.45) is 3.85. The van der Waals surface area contributed by atoms with E-state index in [0.717, 1.165) is 36.5 Å². The van der Waals surface area contributed by atoms with Gasteiger partial charge in [0.15, 0.2) is 0 Å². The van der Waals surface area contributed by atoms with Crippen LogP contribution < -0.4 is 4.74 Å². The summed E-state index contributed by atoms with van der Waals surface area (Å²) < 4.78 is 7.82. The minimum Gasteiger partial charge on any atom is -0.489 e. The highest BCUT2D eigenvalue weighted by atomic mass is 35.5. The molecule has 0 bridgehead atoms. The number of amides is 1. The van der Waals surface area contributed by atoms with E-state index in [1.807, 2.05) is 70.2 Å². The molecular formula is C27H24ClN5O2. The zero-order chi connectivity index (χ0) is 24.2. The third-order valence-electron chi connectivity index (χ3n) is 6.12. The molecule has 0 unspecified atom stereocenters. The Balaban J connectivity index is 1.17. The number of pyridine rings is 1. The molecule has 1 aliphatic heterocycles. The summed E-state index contributed by atoms with van der Waals surface area (Å²) in [7, 11) is 0. The summed E-state index contributed by atoms with van der Waals surface area (Å²) in [5.41, 5.74) is 3.86. The molecule has 0 spiro atoms. The molecule has 0 atom stereocenters. The lowest BCUT2D eigenvalue weighted by atomic mass is 10.1. The summed E-state index contributed by atoms with van der Waals surface area (Å²) in [6.45, 7) is 3.87. The average molecular weight is 486 g/mol. The number of fused-ring (bicyclic) bond motifs is 1. The predicted octanol–water partition coefficient (Wildman–Crippen LogP) is 4.40. The third kappa shape index (κ3) is 5.29. The lowest BCUT2D eigenvalue weighted by Gasteiger charge is -2.34. The molecule has 2 aromatic carbocycles. The Bertz CT molecular complexity index is 1400. The first-order valence-electron chi connectivity index (χ1n) is 11.4. The van der Waals surface area contributed by atoms with Gasteiger partial charge in [0.25, 0.3) is 5.91 Å². The molecule has 1 aliphatic rings. The van der Waals surface area contributed by atoms with Gasteiger partial charge in [-0.3, -0.25) is 9.69 Å². The first kappa shape index (κ1) is 22.9. The van der Waals surface area contributed by atoms with Crippen LogP contribution in [0.5, 0.6) is 5.75 Å². The van der Waals surface area contributed by atoms with Gasteiger partial charge in [0.2, 0.25) is 0 Å². The molecule has 0 aliphatic carbocycles. The number of carbonyl (C=O) groups is 1. The summed E-state index contributed by atoms with van der Waals surface area (Å²) in [6, 6.07) is 20.5. The summed E-state index contributed by atoms with van der Waals surface area (Å²) in [5, 5.41) is 9.93. The van der Waals surface area contributed by atoms with E-state index in [-0.39, 0.29) is 12.5 Å². The number of imidazole rings is 1. The van der Waals surface area contributed by atoms with Gasteiger partial charge in [-0.2, -0.15) is 5.26 Å². The van der Waals surface area contributed by atoms with Crippen LogP contribution in [0.2, 0.25) is 5.02 Å². The molecule has 176 valence electrons. The maximum absolute atomic E-state index is 13.1. The molecule has 3 heterocycles. The number of aromatic nitrogens is 2. The van der Waals surface area contributed by atoms with E-state index in [0.29, 0.717) is 35.0 Å². The van der Waals surface area contributed by atoms with Crippen molar-refractivity contribution in [3.05, 3.63) is 100 Å². The first-order chi connectivity index (χ1) is 17.1. The Morgan fingerprint density at radius 1 is 1.03 bits per heavy atom. The van der Waals surface area contributed by atoms with Crippen molar-refractivity contribution in [3.63, 3.8) is 0 Å². The van der Waals surface area contributed by atoms with Crippen molar-refractivity contribution in [2.24, 2.45) is 0 Å². The van der Waals surface area contributed by atoms with Crippen molar-refractivity contribution in [3.8, 4) is 11.8 Å². The van der Waals surface area contributed by atoms with Crippen LogP contribution in [0.25, 0.3) is 5.65 Å². The van der Waals surface area contributed by atoms with Gasteiger partial charge in [0, 0.05) is 56.2 Å². The molecule has 2 aromatic heterocycles. The van der Waals surface area contributed by atoms with E-state index < -0.39 is 0 Å². The predicted molar refractivity (Wildman–Crippen MR) is 133 cm³/mol. The molecule has 1 amide bonds. The molecule has 8 heteroatoms. The van der Waals surface area contributed by atoms with E-state index in [9.17, 15) is 10.1 Å². The molecule has 1 fully saturated rings. The van der Waals surface area contributed by atoms with Crippen LogP contribution in [0, 0.1) is 11.3 Å². The molecule has 0 saturated carbocycles. The van der Waals surface area contributed by atoms with Crippen LogP contribution in [0.3, 0.4) is 0 Å². The van der Waals surface area contributed by atoms with E-state index in [2.05, 4.69) is 16.0 Å². The second-order valence-corrected chi connectivity index (χ2v) is 8.94. The standard InChI is InChI=1S/C27H24ClN5O2/c28-23-8-9-26-30-24(18-33(26)16-23)17-31-10-12-32(13-11-31)27(34)20-6-3-7-25(14-20)35-19-22-5-2-1-4-21(22)15-29/h1-9,14,16,18H,10-13,17,19H2. The highest BCUT2D eigenvalue weighted by Gasteiger charge is 2.23. The number of nitriles is 1. The molecule has 0 N–H and O–H groups in total. The molecule has 35 heavy (non-hydrogen) atoms. The molecule has 4 aromatic rings. The van der Waals surface area contributed by atoms with Crippen molar-refractivity contribution < 1.29 is 9.53 Å². The summed E-state index contributed by atoms with van der Waals surface area (Å²) in [4.78, 5) is 22.0. The number of benzene rings is 2. The minimum atomic E-state index is -0.00472. The molecule has 7 nitrogen and oxygen atoms in total. The van der Waals surface area contributed by atoms with Gasteiger partial charge < -0.3 is 14.0 Å². The third-order valence-corrected chi connectivity index (χ3v) is 6.35. The second-order valence-electron chi connectivity index (χ2n) is 8.50. The van der Waals surface area contributed by atoms with Crippen LogP contribution in [0.1, 0.15) is 27.2 Å². The first-order valence-corrected chi connectivity index (χ1v) is 11.8. The van der Waals surface area contributed by atoms with Gasteiger partial charge in [-0.05, 0) is 36.4 Å². The lowest BCUT2D eigenvalue weighted by Crippen LogP contribution is -2.48. The van der Waals surface area contributed by atoms with Gasteiger partial charge in [0.1, 0.15) is 18.0 Å². The Morgan fingerprint density at radius 2 is 1.86 bits per heavy atom. The number of carbonyl (C=O) groups excluding carboxylic acids is 1. The average Bonchev–Trinajstić information content (AvgIpc) is 3.29. The zero-order valence-corrected chi connectivity index (χ0v) is 19.9. The van der Waals surface area contributed by atoms with Crippen molar-refractivity contribution in [2.75, 3.05) is 26.2 Å². The van der Waals surface area contributed by atoms with Gasteiger partial charge in [-0.25, -0.2) is 4.98 Å². The van der Waals surface area contributed by atoms with Crippen molar-refractivity contribution >= 4 is 23.2 Å². The number of hydrogen-bond donors (Lipinski definition) is 0. The van der Waals surface area contributed by atoms with Crippen LogP contribution in [0.15, 0.2) is 73.1 Å². The van der Waals surface area contributed by atoms with Crippen molar-refractivity contribution in [1.29, 1.82) is 5.26 Å². The van der Waals surface area contributed by atoms with Gasteiger partial charge in [-0.15, -0.1) is 0 Å². The Kier molecular flexibility index (Phi) is 6.66. The largest absolute Gasteiger partial charge is 0.489 e. The highest BCUT2D eigenvalue weighted by Crippen LogP contribution is 2.19. The Morgan fingerprint density at radius 3 is 2.69 bits per heavy atom. The maximum Gasteiger partial charge on any atom is 0.254 e. The SMILES string of the molecule is N#Cc1ccccc1COc1cccc(C(=O)N2CCN(Cc3cn4cc(Cl)ccc4n3)CC2)c1. The van der Waals surface area contributed by atoms with E-state index in [1.165, 1.54) is 0 Å². The van der Waals surface area contributed by atoms with Gasteiger partial charge >= 0.3 is 0 Å². The van der Waals surface area contributed by atoms with E-state index in [1.54, 1.807) is 12.1 Å². The summed E-state index contributed by atoms with van der Waals surface area (Å²) in [5.74, 6) is 0.601. The smallest absolute Gasteiger partial charge is 0.254 e. The van der Waals surface area contributed by atoms with Crippen molar-refractivity contribution in [2.45, 2.75) is 13.2 Å². The molecule has 5 rings (SSSR count). The number of ether oxygens (including phenoxy) is 1. The molecule has 1 saturated heterocycles. The Hall–Kier alpha value is -3.86. The van der Waals surface area contributed by atoms with E-state index >= 15 is 0 Å². The van der Waals surface area contributed by atoms with Crippen molar-refractivity contribution in [1.82, 2.24) is 19.2 Å². The Labute approximate surface area is 208 Å². The highest BCUT2D eigenvalue weighted by molar-refractivity contribution is 6.30. The number of rotatable bonds is 6. The van der Waals surface area contributed by atoms with Gasteiger partial charge in [-0.1, -0.05) is 35.9 Å². The number of hydrogen-bond acceptors (Lipinski definition) is 5. The number of nitrogens with zero attached hydrogens (tertiary/aromatic N) is 5.